The van der Waals surface area contributed by atoms with E-state index in [4.69, 9.17) is 28.8 Å². The minimum absolute atomic E-state index is 0.102. The molecule has 1 aromatic heterocycles. The number of primary amides is 1. The van der Waals surface area contributed by atoms with Crippen LogP contribution in [0, 0.1) is 16.7 Å². The smallest absolute Gasteiger partial charge is 0.437 e. The van der Waals surface area contributed by atoms with Gasteiger partial charge in [0, 0.05) is 31.8 Å². The number of carbonyl (C=O) groups excluding carboxylic acids is 8. The summed E-state index contributed by atoms with van der Waals surface area (Å²) in [5.41, 5.74) is 3.97. The van der Waals surface area contributed by atoms with Crippen molar-refractivity contribution in [2.75, 3.05) is 26.7 Å². The lowest BCUT2D eigenvalue weighted by Crippen LogP contribution is -2.61. The Morgan fingerprint density at radius 1 is 0.871 bits per heavy atom. The van der Waals surface area contributed by atoms with E-state index in [1.165, 1.54) is 24.3 Å². The first kappa shape index (κ1) is 53.2. The minimum atomic E-state index is -4.90. The second-order valence-corrected chi connectivity index (χ2v) is 18.8. The van der Waals surface area contributed by atoms with E-state index < -0.39 is 117 Å². The molecule has 62 heavy (non-hydrogen) atoms. The number of aliphatic hydroxyl groups excluding tert-OH is 1. The zero-order chi connectivity index (χ0) is 47.2. The van der Waals surface area contributed by atoms with Crippen molar-refractivity contribution in [3.05, 3.63) is 18.2 Å². The van der Waals surface area contributed by atoms with Gasteiger partial charge < -0.3 is 51.5 Å². The van der Waals surface area contributed by atoms with Gasteiger partial charge in [0.2, 0.25) is 49.0 Å². The van der Waals surface area contributed by atoms with Gasteiger partial charge in [-0.15, -0.1) is 0 Å². The summed E-state index contributed by atoms with van der Waals surface area (Å²) in [6.45, 7) is 12.8. The van der Waals surface area contributed by atoms with E-state index in [-0.39, 0.29) is 24.7 Å². The second kappa shape index (κ2) is 23.5. The zero-order valence-corrected chi connectivity index (χ0v) is 37.8. The molecule has 350 valence electrons. The van der Waals surface area contributed by atoms with Crippen molar-refractivity contribution < 1.29 is 71.1 Å². The second-order valence-electron chi connectivity index (χ2n) is 17.2. The standard InChI is InChI=1S/C38H63N8O15P/c1-21(2)14-25(43-34(53)28-12-11-13-46(28)23(4)48)31(50)42-26(15-24-16-40-18-41-24)32(51)44-27(17-47)33(52)45-29(30(39)49)22(3)61-62(56,59-19-57-35(54)37(5,6)7)60-20-58-36(55)38(8,9)10/h16,18,21-22,25-29,47H,11-15,17,19-20H2,1-10H3,(H2,39,49)(H,40,41)(H,42,50)(H,43,53)(H,44,51)(H,45,52)/t22-,25+,26+,27+,28+,29+/m1/s1. The number of hydrogen-bond acceptors (Lipinski definition) is 16. The summed E-state index contributed by atoms with van der Waals surface area (Å²) in [6, 6.07) is -6.96. The predicted octanol–water partition coefficient (Wildman–Crippen LogP) is 0.0660. The van der Waals surface area contributed by atoms with Crippen molar-refractivity contribution in [3.63, 3.8) is 0 Å². The molecular formula is C38H63N8O15P. The maximum absolute atomic E-state index is 13.8. The molecule has 0 bridgehead atoms. The first-order valence-electron chi connectivity index (χ1n) is 20.0. The van der Waals surface area contributed by atoms with E-state index in [2.05, 4.69) is 31.2 Å². The number of nitrogens with one attached hydrogen (secondary N) is 5. The Morgan fingerprint density at radius 3 is 1.87 bits per heavy atom. The Hall–Kier alpha value is -4.96. The molecule has 23 nitrogen and oxygen atoms in total. The van der Waals surface area contributed by atoms with E-state index in [1.54, 1.807) is 41.5 Å². The summed E-state index contributed by atoms with van der Waals surface area (Å²) in [4.78, 5) is 112. The lowest BCUT2D eigenvalue weighted by atomic mass is 9.98. The van der Waals surface area contributed by atoms with Crippen LogP contribution in [0.25, 0.3) is 0 Å². The lowest BCUT2D eigenvalue weighted by Gasteiger charge is -2.29. The van der Waals surface area contributed by atoms with E-state index in [1.807, 2.05) is 13.8 Å². The number of ether oxygens (including phenoxy) is 2. The van der Waals surface area contributed by atoms with Gasteiger partial charge in [0.1, 0.15) is 30.2 Å². The van der Waals surface area contributed by atoms with Crippen molar-refractivity contribution in [3.8, 4) is 0 Å². The number of imidazole rings is 1. The fourth-order valence-electron chi connectivity index (χ4n) is 5.71. The molecule has 8 N–H and O–H groups in total. The quantitative estimate of drug-likeness (QED) is 0.0434. The van der Waals surface area contributed by atoms with Crippen LogP contribution in [-0.2, 0) is 72.4 Å². The molecule has 0 radical (unpaired) electrons. The summed E-state index contributed by atoms with van der Waals surface area (Å²) in [5, 5.41) is 20.1. The highest BCUT2D eigenvalue weighted by Crippen LogP contribution is 2.51. The molecule has 0 spiro atoms. The number of hydrogen-bond donors (Lipinski definition) is 7. The largest absolute Gasteiger partial charge is 0.481 e. The number of likely N-dealkylation sites (tertiary alicyclic amines) is 1. The van der Waals surface area contributed by atoms with Crippen LogP contribution in [0.4, 0.5) is 0 Å². The highest BCUT2D eigenvalue weighted by molar-refractivity contribution is 7.48. The number of nitrogens with zero attached hydrogens (tertiary/aromatic N) is 2. The van der Waals surface area contributed by atoms with Gasteiger partial charge in [-0.2, -0.15) is 0 Å². The number of esters is 2. The predicted molar refractivity (Wildman–Crippen MR) is 217 cm³/mol. The molecule has 24 heteroatoms. The molecule has 0 aromatic carbocycles. The molecule has 6 atom stereocenters. The number of nitrogens with two attached hydrogens (primary N) is 1. The van der Waals surface area contributed by atoms with Gasteiger partial charge in [0.05, 0.1) is 29.9 Å². The first-order valence-corrected chi connectivity index (χ1v) is 21.4. The van der Waals surface area contributed by atoms with E-state index in [0.29, 0.717) is 25.1 Å². The topological polar surface area (TPSA) is 326 Å². The van der Waals surface area contributed by atoms with Gasteiger partial charge in [0.15, 0.2) is 0 Å². The van der Waals surface area contributed by atoms with Crippen molar-refractivity contribution >= 4 is 55.2 Å². The number of phosphoric acid groups is 1. The number of rotatable bonds is 23. The third-order valence-corrected chi connectivity index (χ3v) is 10.6. The molecule has 1 aliphatic rings. The number of H-pyrrole nitrogens is 1. The van der Waals surface area contributed by atoms with Crippen LogP contribution < -0.4 is 27.0 Å². The van der Waals surface area contributed by atoms with Crippen LogP contribution in [-0.4, -0.2) is 130 Å². The third-order valence-electron chi connectivity index (χ3n) is 9.12. The zero-order valence-electron chi connectivity index (χ0n) is 36.9. The summed E-state index contributed by atoms with van der Waals surface area (Å²) in [7, 11) is -4.90. The van der Waals surface area contributed by atoms with Gasteiger partial charge in [0.25, 0.3) is 0 Å². The Kier molecular flexibility index (Phi) is 20.1. The molecule has 1 aliphatic heterocycles. The molecule has 2 rings (SSSR count). The normalized spacial score (nSPS) is 16.9. The number of carbonyl (C=O) groups is 8. The van der Waals surface area contributed by atoms with Crippen LogP contribution in [0.5, 0.6) is 0 Å². The van der Waals surface area contributed by atoms with Crippen LogP contribution >= 0.6 is 7.82 Å². The average molecular weight is 903 g/mol. The molecule has 0 unspecified atom stereocenters. The van der Waals surface area contributed by atoms with Crippen molar-refractivity contribution in [2.24, 2.45) is 22.5 Å². The van der Waals surface area contributed by atoms with E-state index >= 15 is 0 Å². The Bertz CT molecular complexity index is 1740. The molecule has 1 aromatic rings. The van der Waals surface area contributed by atoms with Crippen molar-refractivity contribution in [1.82, 2.24) is 36.1 Å². The van der Waals surface area contributed by atoms with Crippen LogP contribution in [0.3, 0.4) is 0 Å². The molecule has 1 saturated heterocycles. The lowest BCUT2D eigenvalue weighted by molar-refractivity contribution is -0.164. The number of aromatic nitrogens is 2. The van der Waals surface area contributed by atoms with E-state index in [9.17, 15) is 48.0 Å². The minimum Gasteiger partial charge on any atom is -0.437 e. The molecule has 1 fully saturated rings. The highest BCUT2D eigenvalue weighted by Gasteiger charge is 2.40. The maximum atomic E-state index is 13.8. The van der Waals surface area contributed by atoms with E-state index in [0.717, 1.165) is 6.92 Å². The SMILES string of the molecule is CC(=O)N1CCC[C@H]1C(=O)N[C@@H](CC(C)C)C(=O)N[C@@H](Cc1cnc[nH]1)C(=O)N[C@@H](CO)C(=O)N[C@H](C(N)=O)[C@@H](C)OP(=O)(OCOC(=O)C(C)(C)C)OCOC(=O)C(C)(C)C. The van der Waals surface area contributed by atoms with Crippen molar-refractivity contribution in [2.45, 2.75) is 131 Å². The Morgan fingerprint density at radius 2 is 1.40 bits per heavy atom. The van der Waals surface area contributed by atoms with Crippen LogP contribution in [0.2, 0.25) is 0 Å². The Labute approximate surface area is 360 Å². The van der Waals surface area contributed by atoms with Gasteiger partial charge in [-0.05, 0) is 73.6 Å². The maximum Gasteiger partial charge on any atom is 0.481 e. The highest BCUT2D eigenvalue weighted by atomic mass is 31.2. The van der Waals surface area contributed by atoms with Gasteiger partial charge in [-0.3, -0.25) is 42.9 Å². The summed E-state index contributed by atoms with van der Waals surface area (Å²) in [6.07, 6.45) is 2.05. The van der Waals surface area contributed by atoms with Crippen LogP contribution in [0.1, 0.15) is 94.2 Å². The molecular weight excluding hydrogens is 839 g/mol. The summed E-state index contributed by atoms with van der Waals surface area (Å²) in [5.74, 6) is -6.59. The van der Waals surface area contributed by atoms with Gasteiger partial charge in [-0.1, -0.05) is 13.8 Å². The fraction of sp³-hybridized carbons (Fsp3) is 0.711. The fourth-order valence-corrected chi connectivity index (χ4v) is 6.80. The average Bonchev–Trinajstić information content (AvgIpc) is 3.87. The number of aliphatic hydroxyl groups is 1. The number of aromatic amines is 1. The first-order chi connectivity index (χ1) is 28.7. The van der Waals surface area contributed by atoms with Crippen molar-refractivity contribution in [1.29, 1.82) is 0 Å². The van der Waals surface area contributed by atoms with Gasteiger partial charge in [-0.25, -0.2) is 18.6 Å². The number of phosphoric ester groups is 1. The molecule has 6 amide bonds. The molecule has 0 aliphatic carbocycles. The Balaban J connectivity index is 2.28. The van der Waals surface area contributed by atoms with Gasteiger partial charge >= 0.3 is 19.8 Å². The summed E-state index contributed by atoms with van der Waals surface area (Å²) < 4.78 is 39.3. The summed E-state index contributed by atoms with van der Waals surface area (Å²) >= 11 is 0. The third kappa shape index (κ3) is 17.1. The molecule has 0 saturated carbocycles. The monoisotopic (exact) mass is 902 g/mol. The molecule has 2 heterocycles. The van der Waals surface area contributed by atoms with Crippen LogP contribution in [0.15, 0.2) is 12.5 Å². The number of amides is 6.